The van der Waals surface area contributed by atoms with Gasteiger partial charge in [-0.05, 0) is 24.6 Å². The number of amides is 1. The molecular weight excluding hydrogens is 314 g/mol. The summed E-state index contributed by atoms with van der Waals surface area (Å²) in [5.41, 5.74) is 0. The molecule has 1 aliphatic rings. The van der Waals surface area contributed by atoms with Gasteiger partial charge in [-0.25, -0.2) is 4.79 Å². The summed E-state index contributed by atoms with van der Waals surface area (Å²) in [5, 5.41) is 2.89. The van der Waals surface area contributed by atoms with Gasteiger partial charge in [0.15, 0.2) is 8.32 Å². The minimum atomic E-state index is -1.87. The summed E-state index contributed by atoms with van der Waals surface area (Å²) < 4.78 is 16.1. The average Bonchev–Trinajstić information content (AvgIpc) is 2.98. The van der Waals surface area contributed by atoms with Crippen molar-refractivity contribution in [1.82, 2.24) is 5.32 Å². The van der Waals surface area contributed by atoms with Gasteiger partial charge in [-0.3, -0.25) is 4.79 Å². The zero-order valence-corrected chi connectivity index (χ0v) is 16.2. The zero-order valence-electron chi connectivity index (χ0n) is 15.2. The lowest BCUT2D eigenvalue weighted by atomic mass is 10.1. The summed E-state index contributed by atoms with van der Waals surface area (Å²) in [6, 6.07) is -0.669. The minimum Gasteiger partial charge on any atom is -0.467 e. The number of ether oxygens (including phenoxy) is 2. The zero-order chi connectivity index (χ0) is 17.7. The number of carbonyl (C=O) groups excluding carboxylic acids is 2. The highest BCUT2D eigenvalue weighted by Gasteiger charge is 2.37. The van der Waals surface area contributed by atoms with Crippen LogP contribution in [0.4, 0.5) is 0 Å². The first kappa shape index (κ1) is 20.1. The van der Waals surface area contributed by atoms with E-state index in [1.54, 1.807) is 0 Å². The predicted octanol–water partition coefficient (Wildman–Crippen LogP) is 2.09. The van der Waals surface area contributed by atoms with Crippen molar-refractivity contribution in [1.29, 1.82) is 0 Å². The van der Waals surface area contributed by atoms with E-state index in [2.05, 4.69) is 39.2 Å². The molecule has 1 N–H and O–H groups in total. The van der Waals surface area contributed by atoms with Crippen molar-refractivity contribution in [3.8, 4) is 0 Å². The number of nitrogens with one attached hydrogen (secondary N) is 1. The molecule has 0 spiro atoms. The van der Waals surface area contributed by atoms with Crippen molar-refractivity contribution in [2.45, 2.75) is 57.8 Å². The lowest BCUT2D eigenvalue weighted by Crippen LogP contribution is -2.46. The largest absolute Gasteiger partial charge is 0.467 e. The fourth-order valence-electron chi connectivity index (χ4n) is 2.07. The van der Waals surface area contributed by atoms with Crippen LogP contribution in [0.3, 0.4) is 0 Å². The molecular formula is C16H31NO5Si. The SMILES string of the molecule is COC(=O)[C@@H](CCO[Si](C)(C)C(C)(C)C)NC(=O)[C@H]1CCOC1. The lowest BCUT2D eigenvalue weighted by Gasteiger charge is -2.36. The van der Waals surface area contributed by atoms with Crippen molar-refractivity contribution in [2.75, 3.05) is 26.9 Å². The van der Waals surface area contributed by atoms with Gasteiger partial charge in [0.05, 0.1) is 19.6 Å². The predicted molar refractivity (Wildman–Crippen MR) is 90.6 cm³/mol. The summed E-state index contributed by atoms with van der Waals surface area (Å²) in [6.07, 6.45) is 1.11. The molecule has 0 aliphatic carbocycles. The molecule has 1 fully saturated rings. The molecule has 0 bridgehead atoms. The van der Waals surface area contributed by atoms with Crippen LogP contribution in [0.2, 0.25) is 18.1 Å². The van der Waals surface area contributed by atoms with E-state index in [9.17, 15) is 9.59 Å². The maximum absolute atomic E-state index is 12.2. The van der Waals surface area contributed by atoms with E-state index in [0.29, 0.717) is 32.7 Å². The molecule has 0 aromatic heterocycles. The van der Waals surface area contributed by atoms with Gasteiger partial charge < -0.3 is 19.2 Å². The van der Waals surface area contributed by atoms with Gasteiger partial charge in [0.2, 0.25) is 5.91 Å². The van der Waals surface area contributed by atoms with Crippen LogP contribution in [0.1, 0.15) is 33.6 Å². The maximum Gasteiger partial charge on any atom is 0.328 e. The molecule has 134 valence electrons. The van der Waals surface area contributed by atoms with Gasteiger partial charge in [0.25, 0.3) is 0 Å². The molecule has 1 rings (SSSR count). The highest BCUT2D eigenvalue weighted by molar-refractivity contribution is 6.74. The molecule has 23 heavy (non-hydrogen) atoms. The number of esters is 1. The van der Waals surface area contributed by atoms with Crippen LogP contribution in [0.5, 0.6) is 0 Å². The Kier molecular flexibility index (Phi) is 7.22. The third-order valence-electron chi connectivity index (χ3n) is 4.78. The van der Waals surface area contributed by atoms with E-state index < -0.39 is 20.3 Å². The quantitative estimate of drug-likeness (QED) is 0.565. The second kappa shape index (κ2) is 8.26. The van der Waals surface area contributed by atoms with Crippen molar-refractivity contribution >= 4 is 20.2 Å². The fourth-order valence-corrected chi connectivity index (χ4v) is 3.13. The summed E-state index contributed by atoms with van der Waals surface area (Å²) >= 11 is 0. The monoisotopic (exact) mass is 345 g/mol. The van der Waals surface area contributed by atoms with Crippen LogP contribution in [0, 0.1) is 5.92 Å². The van der Waals surface area contributed by atoms with E-state index in [4.69, 9.17) is 13.9 Å². The molecule has 0 saturated carbocycles. The topological polar surface area (TPSA) is 73.9 Å². The summed E-state index contributed by atoms with van der Waals surface area (Å²) in [7, 11) is -0.539. The molecule has 1 saturated heterocycles. The molecule has 2 atom stereocenters. The van der Waals surface area contributed by atoms with Gasteiger partial charge >= 0.3 is 5.97 Å². The average molecular weight is 346 g/mol. The highest BCUT2D eigenvalue weighted by atomic mass is 28.4. The molecule has 6 nitrogen and oxygen atoms in total. The molecule has 0 aromatic carbocycles. The van der Waals surface area contributed by atoms with Crippen molar-refractivity contribution in [2.24, 2.45) is 5.92 Å². The third kappa shape index (κ3) is 5.89. The number of hydrogen-bond donors (Lipinski definition) is 1. The van der Waals surface area contributed by atoms with Crippen molar-refractivity contribution in [3.63, 3.8) is 0 Å². The molecule has 0 aromatic rings. The Morgan fingerprint density at radius 2 is 2.00 bits per heavy atom. The Labute approximate surface area is 140 Å². The highest BCUT2D eigenvalue weighted by Crippen LogP contribution is 2.36. The molecule has 7 heteroatoms. The number of methoxy groups -OCH3 is 1. The van der Waals surface area contributed by atoms with Gasteiger partial charge in [-0.1, -0.05) is 20.8 Å². The Balaban J connectivity index is 2.55. The van der Waals surface area contributed by atoms with E-state index >= 15 is 0 Å². The van der Waals surface area contributed by atoms with Gasteiger partial charge in [0.1, 0.15) is 6.04 Å². The smallest absolute Gasteiger partial charge is 0.328 e. The van der Waals surface area contributed by atoms with Crippen LogP contribution in [0.25, 0.3) is 0 Å². The van der Waals surface area contributed by atoms with Gasteiger partial charge in [0, 0.05) is 19.6 Å². The summed E-state index contributed by atoms with van der Waals surface area (Å²) in [6.45, 7) is 12.3. The van der Waals surface area contributed by atoms with Crippen molar-refractivity contribution < 1.29 is 23.5 Å². The number of carbonyl (C=O) groups is 2. The number of rotatable bonds is 7. The third-order valence-corrected chi connectivity index (χ3v) is 9.32. The second-order valence-corrected chi connectivity index (χ2v) is 12.4. The normalized spacial score (nSPS) is 20.2. The van der Waals surface area contributed by atoms with Crippen LogP contribution < -0.4 is 5.32 Å². The minimum absolute atomic E-state index is 0.109. The fraction of sp³-hybridized carbons (Fsp3) is 0.875. The van der Waals surface area contributed by atoms with E-state index in [1.807, 2.05) is 0 Å². The van der Waals surface area contributed by atoms with Crippen molar-refractivity contribution in [3.05, 3.63) is 0 Å². The first-order valence-electron chi connectivity index (χ1n) is 8.18. The first-order chi connectivity index (χ1) is 10.6. The van der Waals surface area contributed by atoms with Gasteiger partial charge in [-0.15, -0.1) is 0 Å². The molecule has 1 amide bonds. The Morgan fingerprint density at radius 1 is 1.35 bits per heavy atom. The van der Waals surface area contributed by atoms with Crippen LogP contribution in [0.15, 0.2) is 0 Å². The van der Waals surface area contributed by atoms with E-state index in [1.165, 1.54) is 7.11 Å². The standard InChI is InChI=1S/C16H31NO5Si/c1-16(2,3)23(5,6)22-10-8-13(15(19)20-4)17-14(18)12-7-9-21-11-12/h12-13H,7-11H2,1-6H3,(H,17,18)/t12-,13+/m0/s1. The van der Waals surface area contributed by atoms with Crippen LogP contribution in [-0.4, -0.2) is 53.2 Å². The van der Waals surface area contributed by atoms with Crippen LogP contribution >= 0.6 is 0 Å². The van der Waals surface area contributed by atoms with Crippen LogP contribution in [-0.2, 0) is 23.5 Å². The molecule has 1 aliphatic heterocycles. The molecule has 0 radical (unpaired) electrons. The lowest BCUT2D eigenvalue weighted by molar-refractivity contribution is -0.146. The molecule has 1 heterocycles. The van der Waals surface area contributed by atoms with Gasteiger partial charge in [-0.2, -0.15) is 0 Å². The summed E-state index contributed by atoms with van der Waals surface area (Å²) in [4.78, 5) is 24.1. The van der Waals surface area contributed by atoms with E-state index in [-0.39, 0.29) is 16.9 Å². The Bertz CT molecular complexity index is 413. The molecule has 0 unspecified atom stereocenters. The summed E-state index contributed by atoms with van der Waals surface area (Å²) in [5.74, 6) is -0.759. The van der Waals surface area contributed by atoms with E-state index in [0.717, 1.165) is 0 Å². The Hall–Kier alpha value is -0.923. The number of hydrogen-bond acceptors (Lipinski definition) is 5. The second-order valence-electron chi connectivity index (χ2n) is 7.54. The Morgan fingerprint density at radius 3 is 2.48 bits per heavy atom. The maximum atomic E-state index is 12.2. The first-order valence-corrected chi connectivity index (χ1v) is 11.1.